The fourth-order valence-corrected chi connectivity index (χ4v) is 1.42. The van der Waals surface area contributed by atoms with Gasteiger partial charge in [-0.05, 0) is 37.0 Å². The van der Waals surface area contributed by atoms with Gasteiger partial charge >= 0.3 is 0 Å². The van der Waals surface area contributed by atoms with E-state index in [0.717, 1.165) is 13.0 Å². The molecule has 1 aromatic rings. The van der Waals surface area contributed by atoms with Gasteiger partial charge in [0.05, 0.1) is 0 Å². The summed E-state index contributed by atoms with van der Waals surface area (Å²) in [6.07, 6.45) is 4.42. The van der Waals surface area contributed by atoms with Crippen LogP contribution >= 0.6 is 11.8 Å². The van der Waals surface area contributed by atoms with E-state index in [4.69, 9.17) is 5.73 Å². The van der Waals surface area contributed by atoms with Crippen LogP contribution in [0.1, 0.15) is 18.9 Å². The Kier molecular flexibility index (Phi) is 10.3. The van der Waals surface area contributed by atoms with E-state index in [9.17, 15) is 0 Å². The lowest BCUT2D eigenvalue weighted by Gasteiger charge is -1.93. The molecule has 0 spiro atoms. The molecule has 0 aliphatic heterocycles. The second kappa shape index (κ2) is 10.6. The Labute approximate surface area is 92.1 Å². The van der Waals surface area contributed by atoms with Crippen molar-refractivity contribution in [2.24, 2.45) is 5.73 Å². The molecule has 2 heteroatoms. The highest BCUT2D eigenvalue weighted by Crippen LogP contribution is 1.96. The summed E-state index contributed by atoms with van der Waals surface area (Å²) in [6, 6.07) is 10.3. The van der Waals surface area contributed by atoms with Gasteiger partial charge in [-0.2, -0.15) is 11.8 Å². The minimum atomic E-state index is 0.740. The largest absolute Gasteiger partial charge is 0.330 e. The Balaban J connectivity index is 0.000000292. The van der Waals surface area contributed by atoms with E-state index < -0.39 is 0 Å². The third kappa shape index (κ3) is 8.14. The minimum Gasteiger partial charge on any atom is -0.330 e. The van der Waals surface area contributed by atoms with Crippen LogP contribution in [0.15, 0.2) is 30.3 Å². The molecule has 0 unspecified atom stereocenters. The molecule has 0 radical (unpaired) electrons. The molecule has 0 bridgehead atoms. The van der Waals surface area contributed by atoms with E-state index >= 15 is 0 Å². The molecular formula is C12H21NS. The molecular weight excluding hydrogens is 190 g/mol. The molecule has 0 saturated heterocycles. The summed E-state index contributed by atoms with van der Waals surface area (Å²) in [4.78, 5) is 0. The molecule has 14 heavy (non-hydrogen) atoms. The maximum absolute atomic E-state index is 5.36. The maximum Gasteiger partial charge on any atom is -0.00367 e. The first-order valence-corrected chi connectivity index (χ1v) is 6.47. The number of hydrogen-bond donors (Lipinski definition) is 1. The molecule has 0 heterocycles. The molecule has 0 amide bonds. The van der Waals surface area contributed by atoms with Gasteiger partial charge in [0, 0.05) is 0 Å². The standard InChI is InChI=1S/C8H11N.C4H10S/c9-7-6-8-4-2-1-3-5-8;1-3-4-5-2/h1-5H,6-7,9H2;3-4H2,1-2H3. The van der Waals surface area contributed by atoms with Gasteiger partial charge in [0.2, 0.25) is 0 Å². The third-order valence-electron chi connectivity index (χ3n) is 1.68. The summed E-state index contributed by atoms with van der Waals surface area (Å²) in [5.41, 5.74) is 6.68. The topological polar surface area (TPSA) is 26.0 Å². The van der Waals surface area contributed by atoms with E-state index in [-0.39, 0.29) is 0 Å². The number of rotatable bonds is 4. The van der Waals surface area contributed by atoms with Gasteiger partial charge < -0.3 is 5.73 Å². The third-order valence-corrected chi connectivity index (χ3v) is 2.50. The molecule has 0 aliphatic carbocycles. The van der Waals surface area contributed by atoms with Crippen LogP contribution < -0.4 is 5.73 Å². The lowest BCUT2D eigenvalue weighted by molar-refractivity contribution is 0.969. The van der Waals surface area contributed by atoms with Crippen LogP contribution in [0, 0.1) is 0 Å². The number of hydrogen-bond acceptors (Lipinski definition) is 2. The minimum absolute atomic E-state index is 0.740. The Bertz CT molecular complexity index is 197. The van der Waals surface area contributed by atoms with Crippen LogP contribution in [0.25, 0.3) is 0 Å². The molecule has 1 rings (SSSR count). The van der Waals surface area contributed by atoms with Gasteiger partial charge in [0.15, 0.2) is 0 Å². The van der Waals surface area contributed by atoms with Gasteiger partial charge in [0.25, 0.3) is 0 Å². The Morgan fingerprint density at radius 3 is 2.21 bits per heavy atom. The molecule has 0 aromatic heterocycles. The second-order valence-corrected chi connectivity index (χ2v) is 4.00. The van der Waals surface area contributed by atoms with Crippen molar-refractivity contribution in [3.8, 4) is 0 Å². The SMILES string of the molecule is CCCSC.NCCc1ccccc1. The zero-order chi connectivity index (χ0) is 10.6. The molecule has 1 aromatic carbocycles. The highest BCUT2D eigenvalue weighted by molar-refractivity contribution is 7.98. The molecule has 0 fully saturated rings. The van der Waals surface area contributed by atoms with Crippen LogP contribution in [0.5, 0.6) is 0 Å². The molecule has 0 saturated carbocycles. The zero-order valence-electron chi connectivity index (χ0n) is 9.20. The maximum atomic E-state index is 5.36. The van der Waals surface area contributed by atoms with Crippen molar-refractivity contribution >= 4 is 11.8 Å². The molecule has 0 aliphatic rings. The fraction of sp³-hybridized carbons (Fsp3) is 0.500. The zero-order valence-corrected chi connectivity index (χ0v) is 10.0. The van der Waals surface area contributed by atoms with Crippen LogP contribution in [0.4, 0.5) is 0 Å². The quantitative estimate of drug-likeness (QED) is 0.828. The van der Waals surface area contributed by atoms with Crippen LogP contribution in [-0.4, -0.2) is 18.6 Å². The molecule has 80 valence electrons. The first-order valence-electron chi connectivity index (χ1n) is 5.08. The number of thioether (sulfide) groups is 1. The van der Waals surface area contributed by atoms with Crippen molar-refractivity contribution in [2.45, 2.75) is 19.8 Å². The van der Waals surface area contributed by atoms with Gasteiger partial charge in [-0.15, -0.1) is 0 Å². The van der Waals surface area contributed by atoms with Crippen molar-refractivity contribution in [2.75, 3.05) is 18.6 Å². The van der Waals surface area contributed by atoms with Crippen molar-refractivity contribution < 1.29 is 0 Å². The molecule has 1 nitrogen and oxygen atoms in total. The normalized spacial score (nSPS) is 9.07. The summed E-state index contributed by atoms with van der Waals surface area (Å²) in [5.74, 6) is 1.31. The average Bonchev–Trinajstić information content (AvgIpc) is 2.22. The fourth-order valence-electron chi connectivity index (χ4n) is 1.02. The predicted octanol–water partition coefficient (Wildman–Crippen LogP) is 2.95. The lowest BCUT2D eigenvalue weighted by atomic mass is 10.2. The van der Waals surface area contributed by atoms with Crippen molar-refractivity contribution in [3.63, 3.8) is 0 Å². The Morgan fingerprint density at radius 2 is 1.86 bits per heavy atom. The summed E-state index contributed by atoms with van der Waals surface area (Å²) in [5, 5.41) is 0. The van der Waals surface area contributed by atoms with Gasteiger partial charge in [-0.3, -0.25) is 0 Å². The smallest absolute Gasteiger partial charge is 0.00367 e. The first-order chi connectivity index (χ1) is 6.85. The number of benzene rings is 1. The van der Waals surface area contributed by atoms with Gasteiger partial charge in [-0.1, -0.05) is 37.3 Å². The first kappa shape index (κ1) is 13.5. The highest BCUT2D eigenvalue weighted by atomic mass is 32.2. The molecule has 2 N–H and O–H groups in total. The van der Waals surface area contributed by atoms with Crippen LogP contribution in [0.3, 0.4) is 0 Å². The van der Waals surface area contributed by atoms with E-state index in [1.807, 2.05) is 30.0 Å². The summed E-state index contributed by atoms with van der Waals surface area (Å²) < 4.78 is 0. The predicted molar refractivity (Wildman–Crippen MR) is 67.9 cm³/mol. The highest BCUT2D eigenvalue weighted by Gasteiger charge is 1.84. The Morgan fingerprint density at radius 1 is 1.21 bits per heavy atom. The van der Waals surface area contributed by atoms with E-state index in [1.54, 1.807) is 0 Å². The van der Waals surface area contributed by atoms with E-state index in [0.29, 0.717) is 0 Å². The molecule has 0 atom stereocenters. The van der Waals surface area contributed by atoms with Crippen molar-refractivity contribution in [1.82, 2.24) is 0 Å². The Hall–Kier alpha value is -0.470. The number of nitrogens with two attached hydrogens (primary N) is 1. The summed E-state index contributed by atoms with van der Waals surface area (Å²) >= 11 is 1.90. The monoisotopic (exact) mass is 211 g/mol. The van der Waals surface area contributed by atoms with Gasteiger partial charge in [-0.25, -0.2) is 0 Å². The summed E-state index contributed by atoms with van der Waals surface area (Å²) in [7, 11) is 0. The van der Waals surface area contributed by atoms with Crippen LogP contribution in [-0.2, 0) is 6.42 Å². The van der Waals surface area contributed by atoms with Crippen molar-refractivity contribution in [1.29, 1.82) is 0 Å². The van der Waals surface area contributed by atoms with Crippen LogP contribution in [0.2, 0.25) is 0 Å². The van der Waals surface area contributed by atoms with Gasteiger partial charge in [0.1, 0.15) is 0 Å². The lowest BCUT2D eigenvalue weighted by Crippen LogP contribution is -2.01. The van der Waals surface area contributed by atoms with E-state index in [1.165, 1.54) is 17.7 Å². The summed E-state index contributed by atoms with van der Waals surface area (Å²) in [6.45, 7) is 2.93. The van der Waals surface area contributed by atoms with E-state index in [2.05, 4.69) is 25.3 Å². The second-order valence-electron chi connectivity index (χ2n) is 3.02. The van der Waals surface area contributed by atoms with Crippen molar-refractivity contribution in [3.05, 3.63) is 35.9 Å². The average molecular weight is 211 g/mol.